The first-order valence-corrected chi connectivity index (χ1v) is 14.1. The molecular formula is C30H42N4O7. The maximum Gasteiger partial charge on any atom is 0.303 e. The van der Waals surface area contributed by atoms with Crippen molar-refractivity contribution < 1.29 is 33.9 Å². The van der Waals surface area contributed by atoms with E-state index in [9.17, 15) is 28.8 Å². The molecule has 1 aliphatic rings. The molecule has 5 amide bonds. The number of aliphatic carboxylic acids is 1. The van der Waals surface area contributed by atoms with E-state index in [0.29, 0.717) is 30.9 Å². The van der Waals surface area contributed by atoms with E-state index in [1.807, 2.05) is 12.1 Å². The molecule has 224 valence electrons. The van der Waals surface area contributed by atoms with Crippen LogP contribution in [0, 0.1) is 11.8 Å². The zero-order valence-corrected chi connectivity index (χ0v) is 24.3. The number of nitrogens with zero attached hydrogens (tertiary/aromatic N) is 1. The van der Waals surface area contributed by atoms with Gasteiger partial charge in [-0.05, 0) is 55.2 Å². The van der Waals surface area contributed by atoms with Gasteiger partial charge in [-0.3, -0.25) is 33.7 Å². The van der Waals surface area contributed by atoms with Crippen LogP contribution in [-0.4, -0.2) is 64.1 Å². The van der Waals surface area contributed by atoms with Crippen molar-refractivity contribution in [2.24, 2.45) is 11.8 Å². The molecule has 0 radical (unpaired) electrons. The lowest BCUT2D eigenvalue weighted by molar-refractivity contribution is -0.138. The average Bonchev–Trinajstić information content (AvgIpc) is 3.22. The summed E-state index contributed by atoms with van der Waals surface area (Å²) in [5.74, 6) is -3.06. The van der Waals surface area contributed by atoms with Crippen molar-refractivity contribution >= 4 is 41.2 Å². The highest BCUT2D eigenvalue weighted by Crippen LogP contribution is 2.15. The van der Waals surface area contributed by atoms with Gasteiger partial charge in [-0.25, -0.2) is 0 Å². The highest BCUT2D eigenvalue weighted by molar-refractivity contribution is 6.12. The molecule has 11 heteroatoms. The van der Waals surface area contributed by atoms with E-state index >= 15 is 0 Å². The maximum absolute atomic E-state index is 13.1. The van der Waals surface area contributed by atoms with Crippen LogP contribution < -0.4 is 16.0 Å². The summed E-state index contributed by atoms with van der Waals surface area (Å²) < 4.78 is 0. The third kappa shape index (κ3) is 11.5. The largest absolute Gasteiger partial charge is 0.481 e. The van der Waals surface area contributed by atoms with Crippen molar-refractivity contribution in [2.45, 2.75) is 84.7 Å². The van der Waals surface area contributed by atoms with Crippen LogP contribution in [0.4, 0.5) is 5.69 Å². The average molecular weight is 571 g/mol. The third-order valence-corrected chi connectivity index (χ3v) is 6.60. The van der Waals surface area contributed by atoms with Gasteiger partial charge in [0.15, 0.2) is 0 Å². The number of carboxylic acid groups (broad SMARTS) is 1. The van der Waals surface area contributed by atoms with Gasteiger partial charge in [0, 0.05) is 37.2 Å². The van der Waals surface area contributed by atoms with Crippen LogP contribution in [0.3, 0.4) is 0 Å². The molecule has 0 bridgehead atoms. The minimum absolute atomic E-state index is 0.116. The van der Waals surface area contributed by atoms with Gasteiger partial charge in [0.05, 0.1) is 0 Å². The van der Waals surface area contributed by atoms with E-state index in [-0.39, 0.29) is 49.4 Å². The summed E-state index contributed by atoms with van der Waals surface area (Å²) in [6, 6.07) is 5.31. The third-order valence-electron chi connectivity index (χ3n) is 6.60. The second-order valence-corrected chi connectivity index (χ2v) is 11.0. The summed E-state index contributed by atoms with van der Waals surface area (Å²) >= 11 is 0. The van der Waals surface area contributed by atoms with E-state index in [4.69, 9.17) is 5.11 Å². The molecule has 2 rings (SSSR count). The Morgan fingerprint density at radius 2 is 1.46 bits per heavy atom. The molecule has 0 aliphatic carbocycles. The number of hydrogen-bond acceptors (Lipinski definition) is 6. The fourth-order valence-electron chi connectivity index (χ4n) is 4.39. The predicted octanol–water partition coefficient (Wildman–Crippen LogP) is 2.80. The Balaban J connectivity index is 1.91. The van der Waals surface area contributed by atoms with Gasteiger partial charge < -0.3 is 21.1 Å². The lowest BCUT2D eigenvalue weighted by Gasteiger charge is -2.25. The van der Waals surface area contributed by atoms with Gasteiger partial charge in [-0.2, -0.15) is 0 Å². The number of carbonyl (C=O) groups is 6. The first kappa shape index (κ1) is 33.2. The Kier molecular flexibility index (Phi) is 13.2. The van der Waals surface area contributed by atoms with Crippen LogP contribution in [0.15, 0.2) is 36.4 Å². The fourth-order valence-corrected chi connectivity index (χ4v) is 4.39. The molecule has 0 fully saturated rings. The molecule has 2 atom stereocenters. The number of hydrogen-bond donors (Lipinski definition) is 4. The van der Waals surface area contributed by atoms with Gasteiger partial charge in [0.2, 0.25) is 17.7 Å². The Hall–Kier alpha value is -4.02. The van der Waals surface area contributed by atoms with Crippen molar-refractivity contribution in [1.82, 2.24) is 15.5 Å². The summed E-state index contributed by atoms with van der Waals surface area (Å²) in [6.45, 7) is 8.02. The number of carbonyl (C=O) groups excluding carboxylic acids is 5. The maximum atomic E-state index is 13.1. The van der Waals surface area contributed by atoms with Gasteiger partial charge in [-0.1, -0.05) is 46.2 Å². The van der Waals surface area contributed by atoms with Gasteiger partial charge in [-0.15, -0.1) is 0 Å². The van der Waals surface area contributed by atoms with Gasteiger partial charge >= 0.3 is 5.97 Å². The number of nitrogens with one attached hydrogen (secondary N) is 3. The molecule has 11 nitrogen and oxygen atoms in total. The molecule has 0 saturated carbocycles. The van der Waals surface area contributed by atoms with Crippen molar-refractivity contribution in [3.63, 3.8) is 0 Å². The van der Waals surface area contributed by atoms with Crippen molar-refractivity contribution in [3.05, 3.63) is 42.0 Å². The van der Waals surface area contributed by atoms with E-state index in [0.717, 1.165) is 16.9 Å². The second-order valence-electron chi connectivity index (χ2n) is 11.0. The molecule has 1 aromatic rings. The van der Waals surface area contributed by atoms with E-state index in [1.165, 1.54) is 12.2 Å². The highest BCUT2D eigenvalue weighted by atomic mass is 16.4. The topological polar surface area (TPSA) is 162 Å². The molecule has 0 unspecified atom stereocenters. The molecule has 4 N–H and O–H groups in total. The number of benzene rings is 1. The normalized spacial score (nSPS) is 14.3. The zero-order valence-electron chi connectivity index (χ0n) is 24.3. The summed E-state index contributed by atoms with van der Waals surface area (Å²) in [7, 11) is 0. The van der Waals surface area contributed by atoms with Crippen LogP contribution in [0.5, 0.6) is 0 Å². The Labute approximate surface area is 241 Å². The Bertz CT molecular complexity index is 1110. The Morgan fingerprint density at radius 1 is 0.829 bits per heavy atom. The minimum Gasteiger partial charge on any atom is -0.481 e. The predicted molar refractivity (Wildman–Crippen MR) is 154 cm³/mol. The number of amides is 5. The summed E-state index contributed by atoms with van der Waals surface area (Å²) in [5.41, 5.74) is 1.65. The standard InChI is InChI=1S/C30H42N4O7/c1-19(2)18-21-9-11-22(12-10-21)31-29(40)23(13-16-27(38)39)32-30(41)28(20(3)4)33-24(35)8-6-5-7-17-34-25(36)14-15-26(34)37/h9-12,14-15,19-20,23,28H,5-8,13,16-18H2,1-4H3,(H,31,40)(H,32,41)(H,33,35)(H,38,39)/t23-,28-/m0/s1. The van der Waals surface area contributed by atoms with Gasteiger partial charge in [0.1, 0.15) is 12.1 Å². The van der Waals surface area contributed by atoms with Crippen LogP contribution in [0.1, 0.15) is 71.8 Å². The number of imide groups is 1. The van der Waals surface area contributed by atoms with Crippen LogP contribution in [0.2, 0.25) is 0 Å². The molecule has 0 aromatic heterocycles. The molecule has 1 aromatic carbocycles. The summed E-state index contributed by atoms with van der Waals surface area (Å²) in [4.78, 5) is 74.3. The minimum atomic E-state index is -1.11. The second kappa shape index (κ2) is 16.3. The summed E-state index contributed by atoms with van der Waals surface area (Å²) in [6.07, 6.45) is 4.73. The lowest BCUT2D eigenvalue weighted by Crippen LogP contribution is -2.54. The number of anilines is 1. The van der Waals surface area contributed by atoms with Crippen molar-refractivity contribution in [3.8, 4) is 0 Å². The highest BCUT2D eigenvalue weighted by Gasteiger charge is 2.29. The molecule has 0 spiro atoms. The van der Waals surface area contributed by atoms with Crippen molar-refractivity contribution in [2.75, 3.05) is 11.9 Å². The summed E-state index contributed by atoms with van der Waals surface area (Å²) in [5, 5.41) is 17.2. The van der Waals surface area contributed by atoms with Crippen LogP contribution in [-0.2, 0) is 35.2 Å². The molecular weight excluding hydrogens is 528 g/mol. The smallest absolute Gasteiger partial charge is 0.303 e. The number of carboxylic acids is 1. The van der Waals surface area contributed by atoms with E-state index < -0.39 is 29.9 Å². The molecule has 1 aliphatic heterocycles. The monoisotopic (exact) mass is 570 g/mol. The molecule has 41 heavy (non-hydrogen) atoms. The van der Waals surface area contributed by atoms with E-state index in [2.05, 4.69) is 29.8 Å². The first-order chi connectivity index (χ1) is 19.4. The van der Waals surface area contributed by atoms with Gasteiger partial charge in [0.25, 0.3) is 11.8 Å². The number of unbranched alkanes of at least 4 members (excludes halogenated alkanes) is 2. The molecule has 0 saturated heterocycles. The SMILES string of the molecule is CC(C)Cc1ccc(NC(=O)[C@H](CCC(=O)O)NC(=O)[C@@H](NC(=O)CCCCCN2C(=O)C=CC2=O)C(C)C)cc1. The zero-order chi connectivity index (χ0) is 30.5. The first-order valence-electron chi connectivity index (χ1n) is 14.1. The number of rotatable bonds is 17. The quantitative estimate of drug-likeness (QED) is 0.165. The van der Waals surface area contributed by atoms with Crippen LogP contribution >= 0.6 is 0 Å². The van der Waals surface area contributed by atoms with E-state index in [1.54, 1.807) is 26.0 Å². The van der Waals surface area contributed by atoms with Crippen LogP contribution in [0.25, 0.3) is 0 Å². The fraction of sp³-hybridized carbons (Fsp3) is 0.533. The molecule has 1 heterocycles. The van der Waals surface area contributed by atoms with Crippen molar-refractivity contribution in [1.29, 1.82) is 0 Å². The Morgan fingerprint density at radius 3 is 2.02 bits per heavy atom. The lowest BCUT2D eigenvalue weighted by atomic mass is 10.0.